The van der Waals surface area contributed by atoms with Gasteiger partial charge < -0.3 is 57.3 Å². The number of nitrogens with two attached hydrogens (primary N) is 5. The molecule has 11 N–H and O–H groups in total. The number of aromatic nitrogens is 10. The summed E-state index contributed by atoms with van der Waals surface area (Å²) >= 11 is 0. The second kappa shape index (κ2) is 34.0. The highest BCUT2D eigenvalue weighted by molar-refractivity contribution is 6.11. The quantitative estimate of drug-likeness (QED) is 0.0298. The van der Waals surface area contributed by atoms with E-state index in [0.717, 1.165) is 68.9 Å². The third-order valence-corrected chi connectivity index (χ3v) is 15.5. The van der Waals surface area contributed by atoms with Gasteiger partial charge in [0.2, 0.25) is 11.6 Å². The van der Waals surface area contributed by atoms with E-state index < -0.39 is 11.7 Å². The Morgan fingerprint density at radius 3 is 1.14 bits per heavy atom. The molecule has 0 aliphatic rings. The highest BCUT2D eigenvalue weighted by atomic mass is 16.6. The highest BCUT2D eigenvalue weighted by Gasteiger charge is 2.22. The Labute approximate surface area is 578 Å². The Bertz CT molecular complexity index is 4510. The minimum absolute atomic E-state index is 0.147. The smallest absolute Gasteiger partial charge is 0.407 e. The topological polar surface area (TPSA) is 307 Å². The molecule has 0 saturated carbocycles. The van der Waals surface area contributed by atoms with Gasteiger partial charge in [-0.1, -0.05) is 138 Å². The fraction of sp³-hybridized carbons (Fsp3) is 0.208. The number of carbonyl (C=O) groups excluding carboxylic acids is 3. The van der Waals surface area contributed by atoms with Gasteiger partial charge in [0, 0.05) is 60.2 Å². The van der Waals surface area contributed by atoms with Crippen molar-refractivity contribution in [1.82, 2.24) is 58.0 Å². The minimum Gasteiger partial charge on any atom is -0.444 e. The number of rotatable bonds is 16. The van der Waals surface area contributed by atoms with E-state index in [-0.39, 0.29) is 23.2 Å². The van der Waals surface area contributed by atoms with Crippen molar-refractivity contribution in [2.75, 3.05) is 50.1 Å². The number of nitrogens with zero attached hydrogens (tertiary/aromatic N) is 12. The van der Waals surface area contributed by atoms with E-state index in [1.165, 1.54) is 16.7 Å². The van der Waals surface area contributed by atoms with Crippen LogP contribution in [0.1, 0.15) is 97.8 Å². The van der Waals surface area contributed by atoms with Crippen molar-refractivity contribution in [3.63, 3.8) is 0 Å². The molecule has 0 aliphatic carbocycles. The summed E-state index contributed by atoms with van der Waals surface area (Å²) in [7, 11) is 3.88. The van der Waals surface area contributed by atoms with E-state index in [9.17, 15) is 14.4 Å². The van der Waals surface area contributed by atoms with Crippen LogP contribution in [0.15, 0.2) is 219 Å². The van der Waals surface area contributed by atoms with Crippen LogP contribution < -0.4 is 34.0 Å². The first-order valence-corrected chi connectivity index (χ1v) is 32.1. The molecule has 0 saturated heterocycles. The van der Waals surface area contributed by atoms with Crippen LogP contribution in [-0.2, 0) is 17.6 Å². The third-order valence-electron chi connectivity index (χ3n) is 15.5. The molecule has 7 aromatic carbocycles. The van der Waals surface area contributed by atoms with Gasteiger partial charge in [-0.2, -0.15) is 0 Å². The van der Waals surface area contributed by atoms with Gasteiger partial charge in [-0.25, -0.2) is 34.7 Å². The number of imidazole rings is 5. The summed E-state index contributed by atoms with van der Waals surface area (Å²) < 4.78 is 14.6. The maximum atomic E-state index is 12.9. The molecule has 1 amide bonds. The lowest BCUT2D eigenvalue weighted by atomic mass is 10.1. The summed E-state index contributed by atoms with van der Waals surface area (Å²) in [5, 5.41) is 2.74. The van der Waals surface area contributed by atoms with Gasteiger partial charge in [-0.3, -0.25) is 18.7 Å². The number of anilines is 4. The Morgan fingerprint density at radius 2 is 0.788 bits per heavy atom. The fourth-order valence-corrected chi connectivity index (χ4v) is 9.90. The predicted molar refractivity (Wildman–Crippen MR) is 396 cm³/mol. The summed E-state index contributed by atoms with van der Waals surface area (Å²) in [6, 6.07) is 58.5. The maximum Gasteiger partial charge on any atom is 0.407 e. The first kappa shape index (κ1) is 72.7. The SMILES string of the molecule is CC(C)(C)OC(=O)NCCc1ccc(-n2cnc(N)c2C(=O)c2ccccc2)cc1.Cc1ccc(-n2cnc(N)c2C)cc1.Cc1ccc(-n2cnc(N)c2C)cc1.Cc1ccc(-n2cnc(N=CN(C)C)c2C)cc1.NCCc1ccc(-n2cnc(N)c2C(=O)c2ccccc2)cc1. The summed E-state index contributed by atoms with van der Waals surface area (Å²) in [5.74, 6) is 2.02. The first-order valence-electron chi connectivity index (χ1n) is 32.1. The number of nitrogen functional groups attached to an aromatic ring is 4. The van der Waals surface area contributed by atoms with Crippen LogP contribution in [-0.4, -0.2) is 109 Å². The van der Waals surface area contributed by atoms with Crippen LogP contribution in [0.4, 0.5) is 33.9 Å². The molecule has 5 aromatic heterocycles. The molecule has 12 aromatic rings. The Balaban J connectivity index is 0.000000163. The molecule has 5 heterocycles. The molecule has 0 aliphatic heterocycles. The number of benzene rings is 7. The maximum absolute atomic E-state index is 12.9. The third kappa shape index (κ3) is 20.0. The van der Waals surface area contributed by atoms with Crippen molar-refractivity contribution in [3.05, 3.63) is 281 Å². The van der Waals surface area contributed by atoms with E-state index in [1.54, 1.807) is 65.0 Å². The fourth-order valence-electron chi connectivity index (χ4n) is 9.90. The van der Waals surface area contributed by atoms with E-state index in [1.807, 2.05) is 165 Å². The molecule has 0 atom stereocenters. The van der Waals surface area contributed by atoms with E-state index in [2.05, 4.69) is 129 Å². The van der Waals surface area contributed by atoms with Crippen molar-refractivity contribution < 1.29 is 19.1 Å². The number of hydrogen-bond donors (Lipinski definition) is 6. The lowest BCUT2D eigenvalue weighted by molar-refractivity contribution is 0.0528. The van der Waals surface area contributed by atoms with Crippen molar-refractivity contribution in [2.24, 2.45) is 10.7 Å². The Hall–Kier alpha value is -12.2. The van der Waals surface area contributed by atoms with Gasteiger partial charge in [0.25, 0.3) is 0 Å². The van der Waals surface area contributed by atoms with Gasteiger partial charge in [0.05, 0.1) is 23.4 Å². The molecule has 0 fully saturated rings. The number of aryl methyl sites for hydroxylation is 3. The summed E-state index contributed by atoms with van der Waals surface area (Å²) in [4.78, 5) is 64.2. The zero-order valence-corrected chi connectivity index (χ0v) is 58.0. The van der Waals surface area contributed by atoms with Gasteiger partial charge in [-0.15, -0.1) is 0 Å². The molecule has 0 spiro atoms. The summed E-state index contributed by atoms with van der Waals surface area (Å²) in [5.41, 5.74) is 44.0. The number of alkyl carbamates (subject to hydrolysis) is 1. The van der Waals surface area contributed by atoms with Crippen molar-refractivity contribution in [2.45, 2.75) is 80.8 Å². The number of carbonyl (C=O) groups is 3. The second-order valence-electron chi connectivity index (χ2n) is 24.5. The molecule has 510 valence electrons. The van der Waals surface area contributed by atoms with E-state index in [0.29, 0.717) is 53.7 Å². The van der Waals surface area contributed by atoms with Crippen LogP contribution in [0.3, 0.4) is 0 Å². The standard InChI is InChI=1S/C23H26N4O3.C18H18N4O.C14H18N4.2C11H13N3/c1-23(2,3)30-22(29)25-14-13-16-9-11-18(12-10-16)27-15-26-21(24)19(27)20(28)17-7-5-4-6-8-17;19-11-10-13-6-8-15(9-7-13)22-12-21-18(20)16(22)17(23)14-4-2-1-3-5-14;1-11-5-7-13(8-6-11)18-10-16-14(12(18)2)15-9-17(3)4;2*1-8-3-5-10(6-4-8)14-7-13-11(12)9(14)2/h4-12,15H,13-14,24H2,1-3H3,(H,25,29);1-9,12H,10-11,19-20H2;5-10H,1-4H3;2*3-7H,12H2,1-2H3. The molecule has 0 bridgehead atoms. The van der Waals surface area contributed by atoms with Crippen LogP contribution in [0, 0.1) is 41.5 Å². The number of amides is 1. The molecule has 12 rings (SSSR count). The summed E-state index contributed by atoms with van der Waals surface area (Å²) in [6.07, 6.45) is 11.2. The first-order chi connectivity index (χ1) is 47.4. The van der Waals surface area contributed by atoms with Gasteiger partial charge >= 0.3 is 6.09 Å². The minimum atomic E-state index is -0.521. The number of hydrogen-bond acceptors (Lipinski definition) is 15. The largest absolute Gasteiger partial charge is 0.444 e. The van der Waals surface area contributed by atoms with Gasteiger partial charge in [0.15, 0.2) is 17.5 Å². The van der Waals surface area contributed by atoms with E-state index >= 15 is 0 Å². The molecule has 22 heteroatoms. The second-order valence-corrected chi connectivity index (χ2v) is 24.5. The van der Waals surface area contributed by atoms with Crippen molar-refractivity contribution >= 4 is 53.1 Å². The molecule has 99 heavy (non-hydrogen) atoms. The molecule has 0 unspecified atom stereocenters. The molecule has 22 nitrogen and oxygen atoms in total. The Kier molecular flexibility index (Phi) is 24.9. The van der Waals surface area contributed by atoms with Gasteiger partial charge in [0.1, 0.15) is 60.3 Å². The zero-order valence-electron chi connectivity index (χ0n) is 58.0. The van der Waals surface area contributed by atoms with Gasteiger partial charge in [-0.05, 0) is 153 Å². The molecular formula is C77H88N18O4. The summed E-state index contributed by atoms with van der Waals surface area (Å²) in [6.45, 7) is 18.7. The number of ether oxygens (including phenoxy) is 1. The van der Waals surface area contributed by atoms with Crippen molar-refractivity contribution in [3.8, 4) is 28.4 Å². The number of aliphatic imine (C=N–C) groups is 1. The molecule has 0 radical (unpaired) electrons. The zero-order chi connectivity index (χ0) is 71.3. The monoisotopic (exact) mass is 1330 g/mol. The molecular weight excluding hydrogens is 1240 g/mol. The average molecular weight is 1330 g/mol. The van der Waals surface area contributed by atoms with Crippen LogP contribution in [0.25, 0.3) is 28.4 Å². The number of nitrogens with one attached hydrogen (secondary N) is 1. The van der Waals surface area contributed by atoms with E-state index in [4.69, 9.17) is 33.4 Å². The highest BCUT2D eigenvalue weighted by Crippen LogP contribution is 2.25. The van der Waals surface area contributed by atoms with Crippen LogP contribution >= 0.6 is 0 Å². The Morgan fingerprint density at radius 1 is 0.455 bits per heavy atom. The average Bonchev–Trinajstić information content (AvgIpc) is 1.71. The lowest BCUT2D eigenvalue weighted by Crippen LogP contribution is -2.33. The van der Waals surface area contributed by atoms with Crippen molar-refractivity contribution in [1.29, 1.82) is 0 Å². The normalized spacial score (nSPS) is 10.8. The van der Waals surface area contributed by atoms with Crippen LogP contribution in [0.2, 0.25) is 0 Å². The van der Waals surface area contributed by atoms with Crippen LogP contribution in [0.5, 0.6) is 0 Å². The lowest BCUT2D eigenvalue weighted by Gasteiger charge is -2.19. The predicted octanol–water partition coefficient (Wildman–Crippen LogP) is 12.8. The number of ketones is 2.